The smallest absolute Gasteiger partial charge is 0.237 e. The first-order valence-electron chi connectivity index (χ1n) is 6.51. The topological polar surface area (TPSA) is 41.1 Å². The predicted octanol–water partition coefficient (Wildman–Crippen LogP) is 1.97. The number of carbonyl (C=O) groups is 1. The van der Waals surface area contributed by atoms with E-state index >= 15 is 0 Å². The van der Waals surface area contributed by atoms with Crippen molar-refractivity contribution < 1.29 is 9.18 Å². The molecule has 1 aromatic carbocycles. The second kappa shape index (κ2) is 6.50. The van der Waals surface area contributed by atoms with Crippen LogP contribution in [0.15, 0.2) is 24.3 Å². The largest absolute Gasteiger partial charge is 0.351 e. The maximum atomic E-state index is 13.0. The van der Waals surface area contributed by atoms with E-state index < -0.39 is 0 Å². The molecule has 1 heterocycles. The Bertz CT molecular complexity index is 401. The summed E-state index contributed by atoms with van der Waals surface area (Å²) in [7, 11) is 0. The van der Waals surface area contributed by atoms with Crippen LogP contribution in [0, 0.1) is 5.82 Å². The molecule has 2 N–H and O–H groups in total. The van der Waals surface area contributed by atoms with Crippen molar-refractivity contribution in [1.82, 2.24) is 10.6 Å². The lowest BCUT2D eigenvalue weighted by Gasteiger charge is -2.15. The van der Waals surface area contributed by atoms with Crippen molar-refractivity contribution in [2.45, 2.75) is 38.3 Å². The molecule has 1 saturated heterocycles. The van der Waals surface area contributed by atoms with Gasteiger partial charge in [-0.2, -0.15) is 0 Å². The van der Waals surface area contributed by atoms with Gasteiger partial charge in [-0.05, 0) is 37.1 Å². The summed E-state index contributed by atoms with van der Waals surface area (Å²) in [4.78, 5) is 11.9. The molecule has 0 aromatic heterocycles. The zero-order valence-electron chi connectivity index (χ0n) is 10.4. The highest BCUT2D eigenvalue weighted by atomic mass is 19.1. The first kappa shape index (κ1) is 13.0. The summed E-state index contributed by atoms with van der Waals surface area (Å²) >= 11 is 0. The fourth-order valence-corrected chi connectivity index (χ4v) is 2.21. The normalized spacial score (nSPS) is 20.2. The van der Waals surface area contributed by atoms with Gasteiger partial charge in [-0.25, -0.2) is 4.39 Å². The minimum absolute atomic E-state index is 0.0150. The van der Waals surface area contributed by atoms with Gasteiger partial charge in [0.2, 0.25) is 5.91 Å². The Morgan fingerprint density at radius 1 is 1.39 bits per heavy atom. The third-order valence-electron chi connectivity index (χ3n) is 3.23. The molecule has 4 heteroatoms. The van der Waals surface area contributed by atoms with Crippen molar-refractivity contribution in [1.29, 1.82) is 0 Å². The van der Waals surface area contributed by atoms with Crippen molar-refractivity contribution in [3.63, 3.8) is 0 Å². The van der Waals surface area contributed by atoms with E-state index in [1.54, 1.807) is 6.07 Å². The van der Waals surface area contributed by atoms with Crippen LogP contribution in [0.25, 0.3) is 0 Å². The molecule has 98 valence electrons. The lowest BCUT2D eigenvalue weighted by molar-refractivity contribution is -0.123. The predicted molar refractivity (Wildman–Crippen MR) is 68.5 cm³/mol. The van der Waals surface area contributed by atoms with Gasteiger partial charge in [0.05, 0.1) is 6.04 Å². The average molecular weight is 250 g/mol. The molecule has 0 aliphatic carbocycles. The number of rotatable bonds is 3. The number of carbonyl (C=O) groups excluding carboxylic acids is 1. The van der Waals surface area contributed by atoms with Crippen molar-refractivity contribution in [2.75, 3.05) is 6.54 Å². The Balaban J connectivity index is 1.83. The van der Waals surface area contributed by atoms with Crippen LogP contribution in [0.3, 0.4) is 0 Å². The first-order valence-corrected chi connectivity index (χ1v) is 6.51. The van der Waals surface area contributed by atoms with E-state index in [0.717, 1.165) is 31.4 Å². The van der Waals surface area contributed by atoms with Gasteiger partial charge in [-0.15, -0.1) is 0 Å². The fraction of sp³-hybridized carbons (Fsp3) is 0.500. The molecule has 1 amide bonds. The van der Waals surface area contributed by atoms with Crippen molar-refractivity contribution >= 4 is 5.91 Å². The van der Waals surface area contributed by atoms with Crippen LogP contribution >= 0.6 is 0 Å². The first-order chi connectivity index (χ1) is 8.75. The third-order valence-corrected chi connectivity index (χ3v) is 3.23. The van der Waals surface area contributed by atoms with Gasteiger partial charge in [0.25, 0.3) is 0 Å². The van der Waals surface area contributed by atoms with Gasteiger partial charge in [-0.1, -0.05) is 25.0 Å². The highest BCUT2D eigenvalue weighted by molar-refractivity contribution is 5.81. The number of halogens is 1. The number of nitrogens with one attached hydrogen (secondary N) is 2. The minimum Gasteiger partial charge on any atom is -0.351 e. The molecule has 3 nitrogen and oxygen atoms in total. The van der Waals surface area contributed by atoms with Crippen LogP contribution < -0.4 is 10.6 Å². The zero-order chi connectivity index (χ0) is 12.8. The second-order valence-electron chi connectivity index (χ2n) is 4.70. The van der Waals surface area contributed by atoms with Gasteiger partial charge in [0, 0.05) is 6.54 Å². The maximum absolute atomic E-state index is 13.0. The molecular formula is C14H19FN2O. The van der Waals surface area contributed by atoms with E-state index in [4.69, 9.17) is 0 Å². The van der Waals surface area contributed by atoms with E-state index in [0.29, 0.717) is 6.54 Å². The van der Waals surface area contributed by atoms with Gasteiger partial charge in [-0.3, -0.25) is 4.79 Å². The SMILES string of the molecule is O=C(NCc1cccc(F)c1)C1CCCCCN1. The maximum Gasteiger partial charge on any atom is 0.237 e. The minimum atomic E-state index is -0.269. The Morgan fingerprint density at radius 3 is 3.11 bits per heavy atom. The van der Waals surface area contributed by atoms with Crippen molar-refractivity contribution in [2.24, 2.45) is 0 Å². The summed E-state index contributed by atoms with van der Waals surface area (Å²) in [6.07, 6.45) is 4.29. The molecule has 1 unspecified atom stereocenters. The van der Waals surface area contributed by atoms with E-state index in [1.165, 1.54) is 18.6 Å². The molecule has 0 radical (unpaired) electrons. The van der Waals surface area contributed by atoms with Gasteiger partial charge >= 0.3 is 0 Å². The van der Waals surface area contributed by atoms with Crippen LogP contribution in [0.5, 0.6) is 0 Å². The Kier molecular flexibility index (Phi) is 4.70. The average Bonchev–Trinajstić information content (AvgIpc) is 2.65. The zero-order valence-corrected chi connectivity index (χ0v) is 10.4. The molecule has 1 aliphatic rings. The summed E-state index contributed by atoms with van der Waals surface area (Å²) in [5.41, 5.74) is 0.789. The Morgan fingerprint density at radius 2 is 2.28 bits per heavy atom. The quantitative estimate of drug-likeness (QED) is 0.861. The lowest BCUT2D eigenvalue weighted by Crippen LogP contribution is -2.43. The number of benzene rings is 1. The number of hydrogen-bond donors (Lipinski definition) is 2. The molecule has 1 aliphatic heterocycles. The molecule has 0 bridgehead atoms. The highest BCUT2D eigenvalue weighted by Gasteiger charge is 2.18. The van der Waals surface area contributed by atoms with Crippen LogP contribution in [-0.2, 0) is 11.3 Å². The van der Waals surface area contributed by atoms with E-state index in [9.17, 15) is 9.18 Å². The molecule has 18 heavy (non-hydrogen) atoms. The Labute approximate surface area is 107 Å². The summed E-state index contributed by atoms with van der Waals surface area (Å²) in [5.74, 6) is -0.254. The van der Waals surface area contributed by atoms with Crippen LogP contribution in [-0.4, -0.2) is 18.5 Å². The van der Waals surface area contributed by atoms with E-state index in [1.807, 2.05) is 6.07 Å². The highest BCUT2D eigenvalue weighted by Crippen LogP contribution is 2.09. The molecule has 2 rings (SSSR count). The van der Waals surface area contributed by atoms with Crippen molar-refractivity contribution in [3.05, 3.63) is 35.6 Å². The summed E-state index contributed by atoms with van der Waals surface area (Å²) in [5, 5.41) is 6.10. The number of amides is 1. The standard InChI is InChI=1S/C14H19FN2O/c15-12-6-4-5-11(9-12)10-17-14(18)13-7-2-1-3-8-16-13/h4-6,9,13,16H,1-3,7-8,10H2,(H,17,18). The Hall–Kier alpha value is -1.42. The van der Waals surface area contributed by atoms with Crippen LogP contribution in [0.2, 0.25) is 0 Å². The summed E-state index contributed by atoms with van der Waals surface area (Å²) in [6, 6.07) is 6.21. The van der Waals surface area contributed by atoms with Crippen LogP contribution in [0.4, 0.5) is 4.39 Å². The van der Waals surface area contributed by atoms with E-state index in [2.05, 4.69) is 10.6 Å². The molecule has 1 fully saturated rings. The molecule has 1 atom stereocenters. The van der Waals surface area contributed by atoms with Gasteiger partial charge in [0.15, 0.2) is 0 Å². The molecular weight excluding hydrogens is 231 g/mol. The lowest BCUT2D eigenvalue weighted by atomic mass is 10.1. The summed E-state index contributed by atoms with van der Waals surface area (Å²) < 4.78 is 13.0. The number of hydrogen-bond acceptors (Lipinski definition) is 2. The van der Waals surface area contributed by atoms with Crippen LogP contribution in [0.1, 0.15) is 31.2 Å². The fourth-order valence-electron chi connectivity index (χ4n) is 2.21. The van der Waals surface area contributed by atoms with Crippen molar-refractivity contribution in [3.8, 4) is 0 Å². The molecule has 1 aromatic rings. The van der Waals surface area contributed by atoms with Gasteiger partial charge in [0.1, 0.15) is 5.82 Å². The molecule has 0 saturated carbocycles. The molecule has 0 spiro atoms. The van der Waals surface area contributed by atoms with Gasteiger partial charge < -0.3 is 10.6 Å². The third kappa shape index (κ3) is 3.81. The second-order valence-corrected chi connectivity index (χ2v) is 4.70. The summed E-state index contributed by atoms with van der Waals surface area (Å²) in [6.45, 7) is 1.28. The van der Waals surface area contributed by atoms with E-state index in [-0.39, 0.29) is 17.8 Å². The monoisotopic (exact) mass is 250 g/mol.